The molecular formula is C17H17ClN2O2S. The van der Waals surface area contributed by atoms with Crippen molar-refractivity contribution in [1.29, 1.82) is 0 Å². The van der Waals surface area contributed by atoms with Gasteiger partial charge in [-0.15, -0.1) is 22.9 Å². The number of thiophene rings is 1. The normalized spacial score (nSPS) is 11.1. The molecule has 120 valence electrons. The van der Waals surface area contributed by atoms with Crippen LogP contribution in [0.15, 0.2) is 28.4 Å². The smallest absolute Gasteiger partial charge is 0.260 e. The molecule has 0 radical (unpaired) electrons. The summed E-state index contributed by atoms with van der Waals surface area (Å²) in [5, 5.41) is 2.63. The van der Waals surface area contributed by atoms with E-state index in [9.17, 15) is 4.79 Å². The highest BCUT2D eigenvalue weighted by atomic mass is 35.5. The highest BCUT2D eigenvalue weighted by Crippen LogP contribution is 2.33. The van der Waals surface area contributed by atoms with Crippen LogP contribution in [0.4, 0.5) is 0 Å². The quantitative estimate of drug-likeness (QED) is 0.705. The Morgan fingerprint density at radius 3 is 2.91 bits per heavy atom. The summed E-state index contributed by atoms with van der Waals surface area (Å²) in [7, 11) is 1.65. The van der Waals surface area contributed by atoms with Gasteiger partial charge in [0, 0.05) is 23.2 Å². The lowest BCUT2D eigenvalue weighted by molar-refractivity contribution is 0.412. The van der Waals surface area contributed by atoms with Gasteiger partial charge >= 0.3 is 0 Å². The maximum atomic E-state index is 12.5. The second-order valence-corrected chi connectivity index (χ2v) is 6.56. The van der Waals surface area contributed by atoms with Crippen LogP contribution in [-0.2, 0) is 6.42 Å². The molecule has 3 rings (SSSR count). The van der Waals surface area contributed by atoms with Crippen molar-refractivity contribution in [3.8, 4) is 16.9 Å². The fraction of sp³-hybridized carbons (Fsp3) is 0.294. The van der Waals surface area contributed by atoms with Crippen molar-refractivity contribution in [3.05, 3.63) is 45.3 Å². The lowest BCUT2D eigenvalue weighted by atomic mass is 10.0. The van der Waals surface area contributed by atoms with E-state index in [-0.39, 0.29) is 5.56 Å². The van der Waals surface area contributed by atoms with Crippen LogP contribution in [0, 0.1) is 6.92 Å². The Morgan fingerprint density at radius 1 is 1.39 bits per heavy atom. The van der Waals surface area contributed by atoms with Crippen LogP contribution in [0.5, 0.6) is 5.75 Å². The minimum Gasteiger partial charge on any atom is -0.496 e. The molecule has 0 unspecified atom stereocenters. The minimum atomic E-state index is -0.0932. The van der Waals surface area contributed by atoms with Gasteiger partial charge < -0.3 is 9.72 Å². The number of aryl methyl sites for hydroxylation is 2. The molecule has 0 spiro atoms. The monoisotopic (exact) mass is 348 g/mol. The summed E-state index contributed by atoms with van der Waals surface area (Å²) >= 11 is 7.20. The Kier molecular flexibility index (Phi) is 4.68. The number of benzene rings is 1. The molecule has 6 heteroatoms. The van der Waals surface area contributed by atoms with E-state index in [1.54, 1.807) is 7.11 Å². The summed E-state index contributed by atoms with van der Waals surface area (Å²) in [6, 6.07) is 5.92. The molecule has 0 aliphatic heterocycles. The van der Waals surface area contributed by atoms with Crippen LogP contribution >= 0.6 is 22.9 Å². The van der Waals surface area contributed by atoms with E-state index >= 15 is 0 Å². The first-order valence-corrected chi connectivity index (χ1v) is 8.77. The zero-order chi connectivity index (χ0) is 16.4. The predicted molar refractivity (Wildman–Crippen MR) is 96.0 cm³/mol. The number of hydrogen-bond acceptors (Lipinski definition) is 4. The summed E-state index contributed by atoms with van der Waals surface area (Å²) < 4.78 is 5.29. The zero-order valence-electron chi connectivity index (χ0n) is 13.0. The molecule has 0 atom stereocenters. The number of ether oxygens (including phenoxy) is 1. The van der Waals surface area contributed by atoms with Crippen molar-refractivity contribution >= 4 is 33.2 Å². The predicted octanol–water partition coefficient (Wildman–Crippen LogP) is 4.14. The van der Waals surface area contributed by atoms with Crippen LogP contribution in [0.2, 0.25) is 0 Å². The van der Waals surface area contributed by atoms with E-state index in [0.29, 0.717) is 23.5 Å². The highest BCUT2D eigenvalue weighted by molar-refractivity contribution is 7.17. The van der Waals surface area contributed by atoms with Gasteiger partial charge in [0.25, 0.3) is 5.56 Å². The summed E-state index contributed by atoms with van der Waals surface area (Å²) in [4.78, 5) is 20.7. The molecule has 0 saturated carbocycles. The molecule has 0 amide bonds. The van der Waals surface area contributed by atoms with Crippen LogP contribution < -0.4 is 10.3 Å². The van der Waals surface area contributed by atoms with Crippen molar-refractivity contribution in [2.24, 2.45) is 0 Å². The molecule has 4 nitrogen and oxygen atoms in total. The molecule has 1 aromatic carbocycles. The van der Waals surface area contributed by atoms with Crippen molar-refractivity contribution in [1.82, 2.24) is 9.97 Å². The maximum Gasteiger partial charge on any atom is 0.260 e. The van der Waals surface area contributed by atoms with Gasteiger partial charge in [-0.1, -0.05) is 6.07 Å². The summed E-state index contributed by atoms with van der Waals surface area (Å²) in [5.74, 6) is 2.09. The third-order valence-corrected chi connectivity index (χ3v) is 4.89. The molecule has 0 bridgehead atoms. The number of aromatic amines is 1. The molecule has 2 heterocycles. The summed E-state index contributed by atoms with van der Waals surface area (Å²) in [5.41, 5.74) is 2.85. The molecule has 2 aromatic heterocycles. The van der Waals surface area contributed by atoms with Gasteiger partial charge in [-0.2, -0.15) is 0 Å². The standard InChI is InChI=1S/C17H17ClN2O2S/c1-10-8-11(5-6-13(10)22-2)12-9-23-17-15(12)16(21)19-14(20-17)4-3-7-18/h5-6,8-9H,3-4,7H2,1-2H3,(H,19,20,21). The Bertz CT molecular complexity index is 901. The van der Waals surface area contributed by atoms with Gasteiger partial charge in [0.15, 0.2) is 0 Å². The largest absolute Gasteiger partial charge is 0.496 e. The SMILES string of the molecule is COc1ccc(-c2csc3nc(CCCCl)[nH]c(=O)c23)cc1C. The lowest BCUT2D eigenvalue weighted by Crippen LogP contribution is -2.11. The van der Waals surface area contributed by atoms with Crippen LogP contribution in [-0.4, -0.2) is 23.0 Å². The van der Waals surface area contributed by atoms with Gasteiger partial charge in [-0.3, -0.25) is 4.79 Å². The Labute approximate surface area is 143 Å². The first-order chi connectivity index (χ1) is 11.1. The Balaban J connectivity index is 2.09. The average molecular weight is 349 g/mol. The van der Waals surface area contributed by atoms with Gasteiger partial charge in [0.2, 0.25) is 0 Å². The summed E-state index contributed by atoms with van der Waals surface area (Å²) in [6.07, 6.45) is 1.48. The van der Waals surface area contributed by atoms with Gasteiger partial charge in [0.1, 0.15) is 16.4 Å². The second-order valence-electron chi connectivity index (χ2n) is 5.32. The van der Waals surface area contributed by atoms with E-state index in [1.807, 2.05) is 30.5 Å². The lowest BCUT2D eigenvalue weighted by Gasteiger charge is -2.07. The number of nitrogens with one attached hydrogen (secondary N) is 1. The van der Waals surface area contributed by atoms with E-state index < -0.39 is 0 Å². The van der Waals surface area contributed by atoms with Crippen molar-refractivity contribution in [2.45, 2.75) is 19.8 Å². The number of nitrogens with zero attached hydrogens (tertiary/aromatic N) is 1. The fourth-order valence-electron chi connectivity index (χ4n) is 2.60. The number of H-pyrrole nitrogens is 1. The molecular weight excluding hydrogens is 332 g/mol. The average Bonchev–Trinajstić information content (AvgIpc) is 2.97. The number of rotatable bonds is 5. The molecule has 0 aliphatic carbocycles. The number of halogens is 1. The molecule has 0 saturated heterocycles. The van der Waals surface area contributed by atoms with Crippen LogP contribution in [0.3, 0.4) is 0 Å². The van der Waals surface area contributed by atoms with E-state index in [0.717, 1.165) is 33.7 Å². The summed E-state index contributed by atoms with van der Waals surface area (Å²) in [6.45, 7) is 1.99. The van der Waals surface area contributed by atoms with Crippen molar-refractivity contribution < 1.29 is 4.74 Å². The van der Waals surface area contributed by atoms with Gasteiger partial charge in [0.05, 0.1) is 12.5 Å². The number of methoxy groups -OCH3 is 1. The Hall–Kier alpha value is -1.85. The molecule has 1 N–H and O–H groups in total. The zero-order valence-corrected chi connectivity index (χ0v) is 14.6. The van der Waals surface area contributed by atoms with Crippen LogP contribution in [0.25, 0.3) is 21.3 Å². The van der Waals surface area contributed by atoms with Crippen LogP contribution in [0.1, 0.15) is 17.8 Å². The van der Waals surface area contributed by atoms with Gasteiger partial charge in [-0.05, 0) is 36.6 Å². The number of fused-ring (bicyclic) bond motifs is 1. The van der Waals surface area contributed by atoms with Gasteiger partial charge in [-0.25, -0.2) is 4.98 Å². The molecule has 23 heavy (non-hydrogen) atoms. The maximum absolute atomic E-state index is 12.5. The Morgan fingerprint density at radius 2 is 2.22 bits per heavy atom. The number of alkyl halides is 1. The van der Waals surface area contributed by atoms with Crippen molar-refractivity contribution in [3.63, 3.8) is 0 Å². The molecule has 3 aromatic rings. The molecule has 0 fully saturated rings. The van der Waals surface area contributed by atoms with Crippen molar-refractivity contribution in [2.75, 3.05) is 13.0 Å². The first kappa shape index (κ1) is 16.0. The van der Waals surface area contributed by atoms with E-state index in [4.69, 9.17) is 16.3 Å². The third kappa shape index (κ3) is 3.12. The second kappa shape index (κ2) is 6.72. The minimum absolute atomic E-state index is 0.0932. The third-order valence-electron chi connectivity index (χ3n) is 3.75. The number of aromatic nitrogens is 2. The van der Waals surface area contributed by atoms with E-state index in [2.05, 4.69) is 9.97 Å². The number of hydrogen-bond donors (Lipinski definition) is 1. The fourth-order valence-corrected chi connectivity index (χ4v) is 3.71. The highest BCUT2D eigenvalue weighted by Gasteiger charge is 2.13. The molecule has 0 aliphatic rings. The first-order valence-electron chi connectivity index (χ1n) is 7.35. The van der Waals surface area contributed by atoms with E-state index in [1.165, 1.54) is 11.3 Å². The topological polar surface area (TPSA) is 55.0 Å².